The molecule has 3 aromatic carbocycles. The summed E-state index contributed by atoms with van der Waals surface area (Å²) in [5.41, 5.74) is 6.90. The number of methoxy groups -OCH3 is 1. The number of anilines is 4. The predicted octanol–water partition coefficient (Wildman–Crippen LogP) is 8.77. The number of carbonyl (C=O) groups is 1. The molecule has 0 unspecified atom stereocenters. The average molecular weight is 515 g/mol. The van der Waals surface area contributed by atoms with Crippen molar-refractivity contribution in [3.8, 4) is 5.75 Å². The van der Waals surface area contributed by atoms with Gasteiger partial charge in [-0.25, -0.2) is 4.79 Å². The Morgan fingerprint density at radius 3 is 2.21 bits per heavy atom. The molecule has 0 bridgehead atoms. The molecule has 1 aliphatic rings. The van der Waals surface area contributed by atoms with Gasteiger partial charge in [0.2, 0.25) is 0 Å². The van der Waals surface area contributed by atoms with Gasteiger partial charge in [0.05, 0.1) is 25.0 Å². The first kappa shape index (κ1) is 27.6. The largest absolute Gasteiger partial charge is 0.493 e. The Hall–Kier alpha value is -3.47. The molecule has 0 spiro atoms. The molecule has 0 amide bonds. The van der Waals surface area contributed by atoms with Gasteiger partial charge in [0.15, 0.2) is 0 Å². The van der Waals surface area contributed by atoms with Crippen LogP contribution in [-0.4, -0.2) is 26.7 Å². The van der Waals surface area contributed by atoms with E-state index < -0.39 is 5.97 Å². The van der Waals surface area contributed by atoms with Gasteiger partial charge in [-0.1, -0.05) is 52.2 Å². The number of esters is 1. The van der Waals surface area contributed by atoms with E-state index in [0.29, 0.717) is 29.5 Å². The van der Waals surface area contributed by atoms with E-state index in [1.54, 1.807) is 6.07 Å². The zero-order valence-corrected chi connectivity index (χ0v) is 23.8. The Kier molecular flexibility index (Phi) is 8.65. The monoisotopic (exact) mass is 514 g/mol. The highest BCUT2D eigenvalue weighted by molar-refractivity contribution is 5.97. The Bertz CT molecular complexity index is 1240. The van der Waals surface area contributed by atoms with Crippen LogP contribution >= 0.6 is 0 Å². The fourth-order valence-electron chi connectivity index (χ4n) is 5.00. The second-order valence-electron chi connectivity index (χ2n) is 11.7. The third-order valence-corrected chi connectivity index (χ3v) is 7.29. The van der Waals surface area contributed by atoms with Crippen molar-refractivity contribution in [1.29, 1.82) is 0 Å². The number of carbonyl (C=O) groups excluding carboxylic acids is 1. The maximum atomic E-state index is 12.6. The molecule has 0 heterocycles. The number of aryl methyl sites for hydroxylation is 1. The lowest BCUT2D eigenvalue weighted by Gasteiger charge is -2.24. The third kappa shape index (κ3) is 6.89. The van der Waals surface area contributed by atoms with E-state index in [-0.39, 0.29) is 5.41 Å². The number of hydrogen-bond donors (Lipinski definition) is 1. The number of rotatable bonds is 8. The molecular weight excluding hydrogens is 472 g/mol. The molecule has 5 heteroatoms. The fourth-order valence-corrected chi connectivity index (χ4v) is 5.00. The van der Waals surface area contributed by atoms with Crippen LogP contribution in [-0.2, 0) is 4.74 Å². The second kappa shape index (κ2) is 11.9. The van der Waals surface area contributed by atoms with Gasteiger partial charge in [0.25, 0.3) is 0 Å². The van der Waals surface area contributed by atoms with Crippen molar-refractivity contribution in [3.05, 3.63) is 77.4 Å². The van der Waals surface area contributed by atoms with E-state index in [2.05, 4.69) is 87.4 Å². The van der Waals surface area contributed by atoms with Gasteiger partial charge in [-0.15, -0.1) is 0 Å². The quantitative estimate of drug-likeness (QED) is 0.305. The van der Waals surface area contributed by atoms with Gasteiger partial charge in [0.1, 0.15) is 5.75 Å². The van der Waals surface area contributed by atoms with Crippen LogP contribution in [0, 0.1) is 12.3 Å². The molecule has 0 aliphatic heterocycles. The summed E-state index contributed by atoms with van der Waals surface area (Å²) in [7, 11) is 3.50. The van der Waals surface area contributed by atoms with Gasteiger partial charge in [-0.3, -0.25) is 0 Å². The topological polar surface area (TPSA) is 50.8 Å². The van der Waals surface area contributed by atoms with Gasteiger partial charge >= 0.3 is 5.97 Å². The van der Waals surface area contributed by atoms with E-state index in [1.165, 1.54) is 50.5 Å². The Morgan fingerprint density at radius 1 is 0.921 bits per heavy atom. The number of ether oxygens (including phenoxy) is 2. The van der Waals surface area contributed by atoms with Gasteiger partial charge < -0.3 is 19.7 Å². The average Bonchev–Trinajstić information content (AvgIpc) is 2.92. The molecule has 0 atom stereocenters. The molecule has 202 valence electrons. The van der Waals surface area contributed by atoms with Crippen molar-refractivity contribution < 1.29 is 14.3 Å². The molecule has 4 rings (SSSR count). The molecule has 1 fully saturated rings. The highest BCUT2D eigenvalue weighted by Crippen LogP contribution is 2.35. The Balaban J connectivity index is 1.50. The Labute approximate surface area is 228 Å². The summed E-state index contributed by atoms with van der Waals surface area (Å²) in [6.45, 7) is 8.96. The van der Waals surface area contributed by atoms with Gasteiger partial charge in [-0.05, 0) is 90.8 Å². The van der Waals surface area contributed by atoms with Crippen LogP contribution in [0.25, 0.3) is 0 Å². The summed E-state index contributed by atoms with van der Waals surface area (Å²) in [6.07, 6.45) is 6.70. The molecule has 5 nitrogen and oxygen atoms in total. The SMILES string of the molecule is COC(=O)c1cc(OCC(C)(C)C)ccc1Nc1ccc(N(C)c2ccc(C3CCCCC3)cc2)cc1C. The highest BCUT2D eigenvalue weighted by atomic mass is 16.5. The first-order valence-electron chi connectivity index (χ1n) is 13.7. The first-order valence-corrected chi connectivity index (χ1v) is 13.7. The fraction of sp³-hybridized carbons (Fsp3) is 0.424. The lowest BCUT2D eigenvalue weighted by molar-refractivity contribution is 0.0601. The second-order valence-corrected chi connectivity index (χ2v) is 11.7. The van der Waals surface area contributed by atoms with Gasteiger partial charge in [-0.2, -0.15) is 0 Å². The highest BCUT2D eigenvalue weighted by Gasteiger charge is 2.18. The maximum absolute atomic E-state index is 12.6. The molecule has 1 saturated carbocycles. The van der Waals surface area contributed by atoms with Crippen LogP contribution in [0.3, 0.4) is 0 Å². The molecule has 0 radical (unpaired) electrons. The molecule has 0 aromatic heterocycles. The number of nitrogens with zero attached hydrogens (tertiary/aromatic N) is 1. The minimum absolute atomic E-state index is 0.0196. The van der Waals surface area contributed by atoms with Crippen LogP contribution < -0.4 is 15.0 Å². The van der Waals surface area contributed by atoms with Crippen molar-refractivity contribution in [2.75, 3.05) is 31.0 Å². The van der Waals surface area contributed by atoms with E-state index in [4.69, 9.17) is 9.47 Å². The Morgan fingerprint density at radius 2 is 1.58 bits per heavy atom. The van der Waals surface area contributed by atoms with Crippen molar-refractivity contribution in [2.45, 2.75) is 65.7 Å². The van der Waals surface area contributed by atoms with Crippen LogP contribution in [0.1, 0.15) is 80.3 Å². The standard InChI is InChI=1S/C33H42N2O3/c1-23-20-27(35(5)26-14-12-25(13-15-26)24-10-8-7-9-11-24)16-18-30(23)34-31-19-17-28(38-22-33(2,3)4)21-29(31)32(36)37-6/h12-21,24,34H,7-11,22H2,1-6H3. The number of benzene rings is 3. The molecule has 1 N–H and O–H groups in total. The summed E-state index contributed by atoms with van der Waals surface area (Å²) in [5, 5.41) is 3.43. The molecule has 1 aliphatic carbocycles. The normalized spacial score (nSPS) is 14.2. The minimum Gasteiger partial charge on any atom is -0.493 e. The van der Waals surface area contributed by atoms with E-state index in [1.807, 2.05) is 12.1 Å². The lowest BCUT2D eigenvalue weighted by atomic mass is 9.84. The lowest BCUT2D eigenvalue weighted by Crippen LogP contribution is -2.17. The first-order chi connectivity index (χ1) is 18.1. The summed E-state index contributed by atoms with van der Waals surface area (Å²) < 4.78 is 11.0. The molecule has 0 saturated heterocycles. The van der Waals surface area contributed by atoms with E-state index >= 15 is 0 Å². The van der Waals surface area contributed by atoms with E-state index in [9.17, 15) is 4.79 Å². The zero-order valence-electron chi connectivity index (χ0n) is 23.8. The van der Waals surface area contributed by atoms with Crippen molar-refractivity contribution >= 4 is 28.7 Å². The van der Waals surface area contributed by atoms with Crippen LogP contribution in [0.15, 0.2) is 60.7 Å². The molecule has 38 heavy (non-hydrogen) atoms. The van der Waals surface area contributed by atoms with Crippen molar-refractivity contribution in [1.82, 2.24) is 0 Å². The van der Waals surface area contributed by atoms with Crippen LogP contribution in [0.2, 0.25) is 0 Å². The maximum Gasteiger partial charge on any atom is 0.340 e. The van der Waals surface area contributed by atoms with Crippen LogP contribution in [0.5, 0.6) is 5.75 Å². The van der Waals surface area contributed by atoms with Crippen LogP contribution in [0.4, 0.5) is 22.7 Å². The summed E-state index contributed by atoms with van der Waals surface area (Å²) in [6, 6.07) is 20.9. The minimum atomic E-state index is -0.403. The van der Waals surface area contributed by atoms with Gasteiger partial charge in [0, 0.05) is 24.1 Å². The summed E-state index contributed by atoms with van der Waals surface area (Å²) in [4.78, 5) is 14.8. The third-order valence-electron chi connectivity index (χ3n) is 7.29. The number of nitrogens with one attached hydrogen (secondary N) is 1. The van der Waals surface area contributed by atoms with Crippen molar-refractivity contribution in [3.63, 3.8) is 0 Å². The number of hydrogen-bond acceptors (Lipinski definition) is 5. The summed E-state index contributed by atoms with van der Waals surface area (Å²) >= 11 is 0. The van der Waals surface area contributed by atoms with Crippen molar-refractivity contribution in [2.24, 2.45) is 5.41 Å². The molecule has 3 aromatic rings. The zero-order chi connectivity index (χ0) is 27.3. The molecular formula is C33H42N2O3. The summed E-state index contributed by atoms with van der Waals surface area (Å²) in [5.74, 6) is 0.957. The predicted molar refractivity (Wildman–Crippen MR) is 158 cm³/mol. The smallest absolute Gasteiger partial charge is 0.340 e. The van der Waals surface area contributed by atoms with E-state index in [0.717, 1.165) is 16.9 Å².